The van der Waals surface area contributed by atoms with Gasteiger partial charge in [-0.15, -0.1) is 0 Å². The molecular weight excluding hydrogens is 224 g/mol. The second kappa shape index (κ2) is 3.94. The molecule has 0 amide bonds. The number of phenolic OH excluding ortho intramolecular Hbond substituents is 1. The molecule has 1 aliphatic rings. The molecule has 0 spiro atoms. The van der Waals surface area contributed by atoms with Crippen LogP contribution in [-0.2, 0) is 6.42 Å². The summed E-state index contributed by atoms with van der Waals surface area (Å²) in [4.78, 5) is 0. The van der Waals surface area contributed by atoms with Crippen molar-refractivity contribution in [2.45, 2.75) is 44.6 Å². The fraction of sp³-hybridized carbons (Fsp3) is 0.538. The van der Waals surface area contributed by atoms with Crippen molar-refractivity contribution in [3.05, 3.63) is 28.3 Å². The molecule has 16 heavy (non-hydrogen) atoms. The average molecular weight is 241 g/mol. The maximum atomic E-state index is 9.87. The molecule has 1 aromatic carbocycles. The number of phenols is 1. The second-order valence-electron chi connectivity index (χ2n) is 5.07. The van der Waals surface area contributed by atoms with Crippen molar-refractivity contribution < 1.29 is 10.2 Å². The summed E-state index contributed by atoms with van der Waals surface area (Å²) in [5.74, 6) is 0.483. The minimum absolute atomic E-state index is 0.117. The highest BCUT2D eigenvalue weighted by atomic mass is 35.5. The maximum Gasteiger partial charge on any atom is 0.137 e. The van der Waals surface area contributed by atoms with Gasteiger partial charge in [0.25, 0.3) is 0 Å². The van der Waals surface area contributed by atoms with Crippen molar-refractivity contribution in [1.29, 1.82) is 0 Å². The molecule has 0 radical (unpaired) electrons. The van der Waals surface area contributed by atoms with Gasteiger partial charge in [-0.3, -0.25) is 0 Å². The maximum absolute atomic E-state index is 9.87. The predicted molar refractivity (Wildman–Crippen MR) is 65.1 cm³/mol. The van der Waals surface area contributed by atoms with Crippen molar-refractivity contribution in [1.82, 2.24) is 0 Å². The van der Waals surface area contributed by atoms with E-state index in [1.165, 1.54) is 0 Å². The molecule has 0 aromatic heterocycles. The standard InChI is InChI=1S/C13H17ClO2/c1-8(2)9-5-10(7-13(16)3-4-13)12(15)11(14)6-9/h5-6,8,15-16H,3-4,7H2,1-2H3. The summed E-state index contributed by atoms with van der Waals surface area (Å²) in [6.45, 7) is 4.16. The molecule has 0 bridgehead atoms. The van der Waals surface area contributed by atoms with Gasteiger partial charge in [0, 0.05) is 6.42 Å². The number of hydrogen-bond donors (Lipinski definition) is 2. The fourth-order valence-corrected chi connectivity index (χ4v) is 2.07. The van der Waals surface area contributed by atoms with Crippen LogP contribution in [0.15, 0.2) is 12.1 Å². The van der Waals surface area contributed by atoms with Crippen LogP contribution in [0.5, 0.6) is 5.75 Å². The van der Waals surface area contributed by atoms with Crippen LogP contribution in [0.4, 0.5) is 0 Å². The summed E-state index contributed by atoms with van der Waals surface area (Å²) in [5, 5.41) is 20.1. The number of hydrogen-bond acceptors (Lipinski definition) is 2. The largest absolute Gasteiger partial charge is 0.506 e. The lowest BCUT2D eigenvalue weighted by atomic mass is 9.97. The van der Waals surface area contributed by atoms with Crippen LogP contribution in [0.3, 0.4) is 0 Å². The Morgan fingerprint density at radius 3 is 2.50 bits per heavy atom. The van der Waals surface area contributed by atoms with Crippen LogP contribution < -0.4 is 0 Å². The van der Waals surface area contributed by atoms with Gasteiger partial charge in [-0.1, -0.05) is 31.5 Å². The summed E-state index contributed by atoms with van der Waals surface area (Å²) >= 11 is 5.98. The van der Waals surface area contributed by atoms with E-state index >= 15 is 0 Å². The van der Waals surface area contributed by atoms with E-state index in [0.29, 0.717) is 17.4 Å². The number of halogens is 1. The number of rotatable bonds is 3. The summed E-state index contributed by atoms with van der Waals surface area (Å²) in [5.41, 5.74) is 1.26. The first-order valence-electron chi connectivity index (χ1n) is 5.65. The summed E-state index contributed by atoms with van der Waals surface area (Å²) < 4.78 is 0. The topological polar surface area (TPSA) is 40.5 Å². The SMILES string of the molecule is CC(C)c1cc(Cl)c(O)c(CC2(O)CC2)c1. The smallest absolute Gasteiger partial charge is 0.137 e. The summed E-state index contributed by atoms with van der Waals surface area (Å²) in [6, 6.07) is 3.74. The van der Waals surface area contributed by atoms with Crippen LogP contribution in [0.2, 0.25) is 5.02 Å². The molecule has 2 nitrogen and oxygen atoms in total. The van der Waals surface area contributed by atoms with Gasteiger partial charge in [0.15, 0.2) is 0 Å². The first-order valence-corrected chi connectivity index (χ1v) is 6.03. The molecule has 2 N–H and O–H groups in total. The molecule has 0 heterocycles. The van der Waals surface area contributed by atoms with Crippen LogP contribution in [0, 0.1) is 0 Å². The molecule has 1 fully saturated rings. The molecule has 2 rings (SSSR count). The lowest BCUT2D eigenvalue weighted by Gasteiger charge is -2.14. The normalized spacial score (nSPS) is 17.8. The minimum Gasteiger partial charge on any atom is -0.506 e. The third-order valence-corrected chi connectivity index (χ3v) is 3.47. The highest BCUT2D eigenvalue weighted by Gasteiger charge is 2.40. The van der Waals surface area contributed by atoms with Crippen molar-refractivity contribution in [3.63, 3.8) is 0 Å². The van der Waals surface area contributed by atoms with Crippen molar-refractivity contribution in [3.8, 4) is 5.75 Å². The molecule has 0 saturated heterocycles. The zero-order valence-corrected chi connectivity index (χ0v) is 10.4. The predicted octanol–water partition coefficient (Wildman–Crippen LogP) is 3.24. The molecular formula is C13H17ClO2. The quantitative estimate of drug-likeness (QED) is 0.852. The number of aromatic hydroxyl groups is 1. The lowest BCUT2D eigenvalue weighted by molar-refractivity contribution is 0.150. The number of benzene rings is 1. The van der Waals surface area contributed by atoms with E-state index in [9.17, 15) is 10.2 Å². The van der Waals surface area contributed by atoms with E-state index in [-0.39, 0.29) is 5.75 Å². The van der Waals surface area contributed by atoms with Gasteiger partial charge in [-0.25, -0.2) is 0 Å². The Morgan fingerprint density at radius 2 is 2.00 bits per heavy atom. The zero-order chi connectivity index (χ0) is 11.9. The van der Waals surface area contributed by atoms with Gasteiger partial charge in [-0.2, -0.15) is 0 Å². The number of aliphatic hydroxyl groups is 1. The minimum atomic E-state index is -0.601. The van der Waals surface area contributed by atoms with E-state index in [2.05, 4.69) is 13.8 Å². The lowest BCUT2D eigenvalue weighted by Crippen LogP contribution is -2.11. The van der Waals surface area contributed by atoms with E-state index in [1.807, 2.05) is 6.07 Å². The Morgan fingerprint density at radius 1 is 1.38 bits per heavy atom. The van der Waals surface area contributed by atoms with E-state index < -0.39 is 5.60 Å². The van der Waals surface area contributed by atoms with Crippen LogP contribution in [-0.4, -0.2) is 15.8 Å². The molecule has 0 aliphatic heterocycles. The summed E-state index contributed by atoms with van der Waals surface area (Å²) in [7, 11) is 0. The Kier molecular flexibility index (Phi) is 2.89. The molecule has 0 unspecified atom stereocenters. The molecule has 0 atom stereocenters. The zero-order valence-electron chi connectivity index (χ0n) is 9.63. The third-order valence-electron chi connectivity index (χ3n) is 3.18. The van der Waals surface area contributed by atoms with E-state index in [1.54, 1.807) is 6.07 Å². The average Bonchev–Trinajstić information content (AvgIpc) is 2.91. The van der Waals surface area contributed by atoms with Gasteiger partial charge in [0.1, 0.15) is 5.75 Å². The van der Waals surface area contributed by atoms with Crippen molar-refractivity contribution in [2.24, 2.45) is 0 Å². The van der Waals surface area contributed by atoms with Gasteiger partial charge >= 0.3 is 0 Å². The second-order valence-corrected chi connectivity index (χ2v) is 5.47. The van der Waals surface area contributed by atoms with Gasteiger partial charge in [0.05, 0.1) is 10.6 Å². The highest BCUT2D eigenvalue weighted by Crippen LogP contribution is 2.42. The molecule has 88 valence electrons. The first-order chi connectivity index (χ1) is 7.41. The van der Waals surface area contributed by atoms with Gasteiger partial charge in [-0.05, 0) is 36.0 Å². The monoisotopic (exact) mass is 240 g/mol. The molecule has 1 aliphatic carbocycles. The Bertz CT molecular complexity index is 409. The van der Waals surface area contributed by atoms with E-state index in [0.717, 1.165) is 24.0 Å². The summed E-state index contributed by atoms with van der Waals surface area (Å²) in [6.07, 6.45) is 2.13. The van der Waals surface area contributed by atoms with Crippen molar-refractivity contribution >= 4 is 11.6 Å². The third kappa shape index (κ3) is 2.33. The van der Waals surface area contributed by atoms with Crippen LogP contribution in [0.1, 0.15) is 43.7 Å². The fourth-order valence-electron chi connectivity index (χ4n) is 1.82. The van der Waals surface area contributed by atoms with E-state index in [4.69, 9.17) is 11.6 Å². The Labute approximate surface area is 101 Å². The molecule has 3 heteroatoms. The molecule has 1 aromatic rings. The Balaban J connectivity index is 2.34. The van der Waals surface area contributed by atoms with Gasteiger partial charge < -0.3 is 10.2 Å². The van der Waals surface area contributed by atoms with Crippen LogP contribution in [0.25, 0.3) is 0 Å². The van der Waals surface area contributed by atoms with Crippen LogP contribution >= 0.6 is 11.6 Å². The van der Waals surface area contributed by atoms with Crippen molar-refractivity contribution in [2.75, 3.05) is 0 Å². The van der Waals surface area contributed by atoms with Gasteiger partial charge in [0.2, 0.25) is 0 Å². The molecule has 1 saturated carbocycles. The first kappa shape index (κ1) is 11.7. The Hall–Kier alpha value is -0.730. The highest BCUT2D eigenvalue weighted by molar-refractivity contribution is 6.32.